The van der Waals surface area contributed by atoms with Crippen LogP contribution >= 0.6 is 0 Å². The second-order valence-electron chi connectivity index (χ2n) is 4.01. The molecule has 0 bridgehead atoms. The Labute approximate surface area is 108 Å². The van der Waals surface area contributed by atoms with Gasteiger partial charge in [-0.2, -0.15) is 0 Å². The summed E-state index contributed by atoms with van der Waals surface area (Å²) in [7, 11) is 0. The summed E-state index contributed by atoms with van der Waals surface area (Å²) in [4.78, 5) is 10.3. The average Bonchev–Trinajstić information content (AvgIpc) is 2.39. The summed E-state index contributed by atoms with van der Waals surface area (Å²) >= 11 is 0. The molecule has 1 rings (SSSR count). The molecule has 1 atom stereocenters. The van der Waals surface area contributed by atoms with Crippen LogP contribution in [0.15, 0.2) is 24.3 Å². The molecule has 2 N–H and O–H groups in total. The fourth-order valence-corrected chi connectivity index (χ4v) is 1.76. The van der Waals surface area contributed by atoms with Crippen LogP contribution in [0.5, 0.6) is 0 Å². The third kappa shape index (κ3) is 3.87. The first-order valence-corrected chi connectivity index (χ1v) is 6.18. The number of rotatable bonds is 7. The Bertz CT molecular complexity index is 387. The Kier molecular flexibility index (Phi) is 5.91. The highest BCUT2D eigenvalue weighted by Gasteiger charge is 2.12. The quantitative estimate of drug-likeness (QED) is 0.575. The molecule has 0 fully saturated rings. The summed E-state index contributed by atoms with van der Waals surface area (Å²) < 4.78 is 4.94. The Morgan fingerprint density at radius 1 is 1.39 bits per heavy atom. The van der Waals surface area contributed by atoms with E-state index in [1.54, 1.807) is 0 Å². The fourth-order valence-electron chi connectivity index (χ4n) is 1.76. The van der Waals surface area contributed by atoms with E-state index in [2.05, 4.69) is 5.32 Å². The normalized spacial score (nSPS) is 11.7. The predicted octanol–water partition coefficient (Wildman–Crippen LogP) is 2.55. The SMILES string of the molecule is CCCC(O[C]=O)c1ccc(C(=N)NCC)cc1. The number of hydrogen-bond donors (Lipinski definition) is 2. The molecule has 1 aromatic carbocycles. The Morgan fingerprint density at radius 2 is 2.06 bits per heavy atom. The van der Waals surface area contributed by atoms with Crippen molar-refractivity contribution in [2.45, 2.75) is 32.8 Å². The molecular weight excluding hydrogens is 228 g/mol. The lowest BCUT2D eigenvalue weighted by molar-refractivity contribution is 0.168. The largest absolute Gasteiger partial charge is 0.449 e. The molecule has 0 heterocycles. The van der Waals surface area contributed by atoms with Crippen molar-refractivity contribution in [2.75, 3.05) is 6.54 Å². The molecule has 4 heteroatoms. The molecule has 1 radical (unpaired) electrons. The van der Waals surface area contributed by atoms with Crippen LogP contribution in [-0.4, -0.2) is 18.9 Å². The van der Waals surface area contributed by atoms with Gasteiger partial charge < -0.3 is 10.1 Å². The predicted molar refractivity (Wildman–Crippen MR) is 71.4 cm³/mol. The van der Waals surface area contributed by atoms with E-state index in [1.165, 1.54) is 6.47 Å². The molecule has 1 aromatic rings. The zero-order chi connectivity index (χ0) is 13.4. The molecule has 0 spiro atoms. The van der Waals surface area contributed by atoms with Gasteiger partial charge in [-0.15, -0.1) is 0 Å². The van der Waals surface area contributed by atoms with Gasteiger partial charge in [0.2, 0.25) is 0 Å². The van der Waals surface area contributed by atoms with E-state index in [4.69, 9.17) is 10.1 Å². The van der Waals surface area contributed by atoms with Crippen LogP contribution < -0.4 is 5.32 Å². The molecule has 0 aliphatic rings. The van der Waals surface area contributed by atoms with E-state index in [0.717, 1.165) is 30.5 Å². The van der Waals surface area contributed by atoms with Gasteiger partial charge in [-0.05, 0) is 18.9 Å². The highest BCUT2D eigenvalue weighted by atomic mass is 16.5. The summed E-state index contributed by atoms with van der Waals surface area (Å²) in [6, 6.07) is 7.49. The summed E-state index contributed by atoms with van der Waals surface area (Å²) in [5, 5.41) is 10.7. The van der Waals surface area contributed by atoms with Gasteiger partial charge in [0.05, 0.1) is 0 Å². The molecule has 18 heavy (non-hydrogen) atoms. The van der Waals surface area contributed by atoms with Crippen LogP contribution in [0.2, 0.25) is 0 Å². The number of benzene rings is 1. The first-order valence-electron chi connectivity index (χ1n) is 6.18. The monoisotopic (exact) mass is 247 g/mol. The van der Waals surface area contributed by atoms with Gasteiger partial charge in [-0.1, -0.05) is 37.6 Å². The maximum atomic E-state index is 10.3. The molecule has 97 valence electrons. The molecule has 0 amide bonds. The summed E-state index contributed by atoms with van der Waals surface area (Å²) in [6.45, 7) is 6.22. The van der Waals surface area contributed by atoms with Crippen LogP contribution in [0.25, 0.3) is 0 Å². The first-order chi connectivity index (χ1) is 8.72. The summed E-state index contributed by atoms with van der Waals surface area (Å²) in [6.07, 6.45) is 1.47. The van der Waals surface area contributed by atoms with Gasteiger partial charge in [-0.25, -0.2) is 4.79 Å². The summed E-state index contributed by atoms with van der Waals surface area (Å²) in [5.41, 5.74) is 1.76. The third-order valence-corrected chi connectivity index (χ3v) is 2.67. The lowest BCUT2D eigenvalue weighted by atomic mass is 10.0. The van der Waals surface area contributed by atoms with Crippen LogP contribution in [0.3, 0.4) is 0 Å². The maximum absolute atomic E-state index is 10.3. The average molecular weight is 247 g/mol. The van der Waals surface area contributed by atoms with E-state index >= 15 is 0 Å². The summed E-state index contributed by atoms with van der Waals surface area (Å²) in [5.74, 6) is 0.402. The second-order valence-corrected chi connectivity index (χ2v) is 4.01. The van der Waals surface area contributed by atoms with Crippen molar-refractivity contribution in [3.63, 3.8) is 0 Å². The van der Waals surface area contributed by atoms with E-state index in [0.29, 0.717) is 5.84 Å². The van der Waals surface area contributed by atoms with Crippen molar-refractivity contribution < 1.29 is 9.53 Å². The van der Waals surface area contributed by atoms with Crippen LogP contribution in [-0.2, 0) is 9.53 Å². The van der Waals surface area contributed by atoms with Crippen LogP contribution in [0, 0.1) is 5.41 Å². The van der Waals surface area contributed by atoms with E-state index in [1.807, 2.05) is 38.1 Å². The van der Waals surface area contributed by atoms with Gasteiger partial charge >= 0.3 is 6.47 Å². The second kappa shape index (κ2) is 7.48. The van der Waals surface area contributed by atoms with Crippen molar-refractivity contribution in [1.82, 2.24) is 5.32 Å². The van der Waals surface area contributed by atoms with Crippen molar-refractivity contribution in [2.24, 2.45) is 0 Å². The standard InChI is InChI=1S/C14H19N2O2/c1-3-5-13(18-10-17)11-6-8-12(9-7-11)14(15)16-4-2/h6-9,13H,3-5H2,1-2H3,(H2,15,16). The lowest BCUT2D eigenvalue weighted by Gasteiger charge is -2.14. The Balaban J connectivity index is 2.79. The van der Waals surface area contributed by atoms with Crippen LogP contribution in [0.4, 0.5) is 0 Å². The zero-order valence-electron chi connectivity index (χ0n) is 10.8. The lowest BCUT2D eigenvalue weighted by Crippen LogP contribution is -2.22. The maximum Gasteiger partial charge on any atom is 0.418 e. The van der Waals surface area contributed by atoms with Gasteiger partial charge in [0.1, 0.15) is 11.9 Å². The van der Waals surface area contributed by atoms with Gasteiger partial charge in [0, 0.05) is 12.1 Å². The van der Waals surface area contributed by atoms with Crippen molar-refractivity contribution >= 4 is 12.3 Å². The topological polar surface area (TPSA) is 62.2 Å². The van der Waals surface area contributed by atoms with E-state index in [-0.39, 0.29) is 6.10 Å². The van der Waals surface area contributed by atoms with Crippen molar-refractivity contribution in [3.05, 3.63) is 35.4 Å². The smallest absolute Gasteiger partial charge is 0.418 e. The molecule has 0 aliphatic heterocycles. The minimum Gasteiger partial charge on any atom is -0.449 e. The Hall–Kier alpha value is -1.84. The number of nitrogens with one attached hydrogen (secondary N) is 2. The highest BCUT2D eigenvalue weighted by molar-refractivity contribution is 5.96. The highest BCUT2D eigenvalue weighted by Crippen LogP contribution is 2.22. The zero-order valence-corrected chi connectivity index (χ0v) is 10.8. The number of hydrogen-bond acceptors (Lipinski definition) is 3. The Morgan fingerprint density at radius 3 is 2.56 bits per heavy atom. The molecular formula is C14H19N2O2. The molecule has 1 unspecified atom stereocenters. The van der Waals surface area contributed by atoms with Gasteiger partial charge in [0.15, 0.2) is 0 Å². The first kappa shape index (κ1) is 14.2. The van der Waals surface area contributed by atoms with E-state index < -0.39 is 0 Å². The van der Waals surface area contributed by atoms with E-state index in [9.17, 15) is 4.79 Å². The van der Waals surface area contributed by atoms with Crippen molar-refractivity contribution in [1.29, 1.82) is 5.41 Å². The van der Waals surface area contributed by atoms with Gasteiger partial charge in [0.25, 0.3) is 0 Å². The molecule has 0 aliphatic carbocycles. The third-order valence-electron chi connectivity index (χ3n) is 2.67. The number of ether oxygens (including phenoxy) is 1. The molecule has 0 saturated carbocycles. The van der Waals surface area contributed by atoms with Crippen molar-refractivity contribution in [3.8, 4) is 0 Å². The molecule has 0 aromatic heterocycles. The number of amidine groups is 1. The fraction of sp³-hybridized carbons (Fsp3) is 0.429. The minimum atomic E-state index is -0.241. The van der Waals surface area contributed by atoms with Crippen LogP contribution in [0.1, 0.15) is 43.9 Å². The minimum absolute atomic E-state index is 0.241. The molecule has 4 nitrogen and oxygen atoms in total. The van der Waals surface area contributed by atoms with Gasteiger partial charge in [-0.3, -0.25) is 5.41 Å². The molecule has 0 saturated heterocycles. The number of carbonyl (C=O) groups excluding carboxylic acids is 1.